The number of rotatable bonds is 8. The first-order chi connectivity index (χ1) is 12.5. The number of halogens is 1. The van der Waals surface area contributed by atoms with Crippen molar-refractivity contribution in [3.8, 4) is 0 Å². The number of aliphatic hydroxyl groups excluding tert-OH is 1. The van der Waals surface area contributed by atoms with Crippen LogP contribution in [0.3, 0.4) is 0 Å². The Labute approximate surface area is 154 Å². The summed E-state index contributed by atoms with van der Waals surface area (Å²) >= 11 is 0. The van der Waals surface area contributed by atoms with Gasteiger partial charge in [-0.2, -0.15) is 0 Å². The third kappa shape index (κ3) is 6.15. The van der Waals surface area contributed by atoms with E-state index in [4.69, 9.17) is 4.74 Å². The van der Waals surface area contributed by atoms with Crippen molar-refractivity contribution in [1.82, 2.24) is 5.32 Å². The van der Waals surface area contributed by atoms with Crippen molar-refractivity contribution < 1.29 is 19.0 Å². The fourth-order valence-electron chi connectivity index (χ4n) is 2.75. The van der Waals surface area contributed by atoms with Crippen LogP contribution in [0.25, 0.3) is 0 Å². The van der Waals surface area contributed by atoms with Gasteiger partial charge < -0.3 is 15.2 Å². The zero-order valence-corrected chi connectivity index (χ0v) is 15.2. The number of aliphatic hydroxyl groups is 1. The van der Waals surface area contributed by atoms with Crippen LogP contribution in [0, 0.1) is 11.7 Å². The molecule has 5 heteroatoms. The fourth-order valence-corrected chi connectivity index (χ4v) is 2.75. The molecule has 0 fully saturated rings. The summed E-state index contributed by atoms with van der Waals surface area (Å²) in [6.45, 7) is 3.91. The summed E-state index contributed by atoms with van der Waals surface area (Å²) in [7, 11) is 0. The highest BCUT2D eigenvalue weighted by molar-refractivity contribution is 5.67. The highest BCUT2D eigenvalue weighted by Gasteiger charge is 2.17. The van der Waals surface area contributed by atoms with Gasteiger partial charge in [-0.15, -0.1) is 0 Å². The van der Waals surface area contributed by atoms with Gasteiger partial charge in [0.2, 0.25) is 0 Å². The lowest BCUT2D eigenvalue weighted by molar-refractivity contribution is 0.129. The van der Waals surface area contributed by atoms with E-state index >= 15 is 0 Å². The number of benzene rings is 2. The van der Waals surface area contributed by atoms with E-state index in [0.717, 1.165) is 5.56 Å². The molecule has 0 aliphatic carbocycles. The Morgan fingerprint density at radius 2 is 1.73 bits per heavy atom. The SMILES string of the molecule is CC(C)Cc1cccc(C[C@H](CO)NC(=O)OCc2ccccc2)c1F. The number of hydrogen-bond acceptors (Lipinski definition) is 3. The van der Waals surface area contributed by atoms with Crippen LogP contribution in [0.1, 0.15) is 30.5 Å². The summed E-state index contributed by atoms with van der Waals surface area (Å²) in [5, 5.41) is 12.1. The van der Waals surface area contributed by atoms with E-state index in [1.807, 2.05) is 44.2 Å². The van der Waals surface area contributed by atoms with Crippen LogP contribution < -0.4 is 5.32 Å². The Kier molecular flexibility index (Phi) is 7.60. The molecule has 0 aliphatic rings. The molecule has 2 aromatic carbocycles. The Bertz CT molecular complexity index is 704. The van der Waals surface area contributed by atoms with Crippen LogP contribution in [-0.2, 0) is 24.2 Å². The summed E-state index contributed by atoms with van der Waals surface area (Å²) in [5.74, 6) is 0.0820. The van der Waals surface area contributed by atoms with Gasteiger partial charge in [-0.3, -0.25) is 0 Å². The number of alkyl carbamates (subject to hydrolysis) is 1. The van der Waals surface area contributed by atoms with Crippen molar-refractivity contribution >= 4 is 6.09 Å². The summed E-state index contributed by atoms with van der Waals surface area (Å²) in [6, 6.07) is 14.0. The molecule has 0 saturated heterocycles. The first-order valence-electron chi connectivity index (χ1n) is 8.84. The summed E-state index contributed by atoms with van der Waals surface area (Å²) < 4.78 is 19.8. The van der Waals surface area contributed by atoms with Crippen molar-refractivity contribution in [1.29, 1.82) is 0 Å². The molecule has 2 rings (SSSR count). The minimum atomic E-state index is -0.633. The molecule has 4 nitrogen and oxygen atoms in total. The third-order valence-corrected chi connectivity index (χ3v) is 4.01. The minimum Gasteiger partial charge on any atom is -0.445 e. The van der Waals surface area contributed by atoms with Gasteiger partial charge in [0, 0.05) is 0 Å². The molecule has 0 unspecified atom stereocenters. The maximum Gasteiger partial charge on any atom is 0.407 e. The second-order valence-electron chi connectivity index (χ2n) is 6.78. The topological polar surface area (TPSA) is 58.6 Å². The van der Waals surface area contributed by atoms with Gasteiger partial charge in [0.15, 0.2) is 0 Å². The summed E-state index contributed by atoms with van der Waals surface area (Å²) in [6.07, 6.45) is 0.219. The van der Waals surface area contributed by atoms with Crippen LogP contribution in [0.15, 0.2) is 48.5 Å². The summed E-state index contributed by atoms with van der Waals surface area (Å²) in [5.41, 5.74) is 2.00. The van der Waals surface area contributed by atoms with Crippen molar-refractivity contribution in [3.63, 3.8) is 0 Å². The molecule has 0 aromatic heterocycles. The van der Waals surface area contributed by atoms with E-state index in [-0.39, 0.29) is 25.5 Å². The Morgan fingerprint density at radius 3 is 2.35 bits per heavy atom. The predicted octanol–water partition coefficient (Wildman–Crippen LogP) is 3.85. The number of amides is 1. The second-order valence-corrected chi connectivity index (χ2v) is 6.78. The van der Waals surface area contributed by atoms with Gasteiger partial charge in [-0.1, -0.05) is 62.4 Å². The monoisotopic (exact) mass is 359 g/mol. The highest BCUT2D eigenvalue weighted by Crippen LogP contribution is 2.18. The largest absolute Gasteiger partial charge is 0.445 e. The molecular formula is C21H26FNO3. The average Bonchev–Trinajstić information content (AvgIpc) is 2.63. The quantitative estimate of drug-likeness (QED) is 0.753. The Morgan fingerprint density at radius 1 is 1.08 bits per heavy atom. The van der Waals surface area contributed by atoms with E-state index in [1.165, 1.54) is 0 Å². The molecule has 1 atom stereocenters. The van der Waals surface area contributed by atoms with Crippen LogP contribution in [0.4, 0.5) is 9.18 Å². The fraction of sp³-hybridized carbons (Fsp3) is 0.381. The minimum absolute atomic E-state index is 0.142. The molecule has 26 heavy (non-hydrogen) atoms. The van der Waals surface area contributed by atoms with E-state index in [1.54, 1.807) is 18.2 Å². The molecule has 0 saturated carbocycles. The van der Waals surface area contributed by atoms with Crippen LogP contribution in [0.5, 0.6) is 0 Å². The maximum atomic E-state index is 14.6. The van der Waals surface area contributed by atoms with Crippen molar-refractivity contribution in [3.05, 3.63) is 71.0 Å². The van der Waals surface area contributed by atoms with Crippen molar-refractivity contribution in [2.24, 2.45) is 5.92 Å². The molecule has 0 spiro atoms. The molecule has 1 amide bonds. The van der Waals surface area contributed by atoms with Gasteiger partial charge in [0.25, 0.3) is 0 Å². The number of carbonyl (C=O) groups is 1. The van der Waals surface area contributed by atoms with Gasteiger partial charge >= 0.3 is 6.09 Å². The smallest absolute Gasteiger partial charge is 0.407 e. The van der Waals surface area contributed by atoms with E-state index in [2.05, 4.69) is 5.32 Å². The summed E-state index contributed by atoms with van der Waals surface area (Å²) in [4.78, 5) is 11.9. The number of carbonyl (C=O) groups excluding carboxylic acids is 1. The molecule has 0 heterocycles. The number of nitrogens with one attached hydrogen (secondary N) is 1. The average molecular weight is 359 g/mol. The van der Waals surface area contributed by atoms with Gasteiger partial charge in [0.1, 0.15) is 12.4 Å². The van der Waals surface area contributed by atoms with Gasteiger partial charge in [-0.05, 0) is 35.4 Å². The van der Waals surface area contributed by atoms with Crippen LogP contribution >= 0.6 is 0 Å². The molecule has 2 aromatic rings. The van der Waals surface area contributed by atoms with Gasteiger partial charge in [-0.25, -0.2) is 9.18 Å². The molecule has 2 N–H and O–H groups in total. The molecular weight excluding hydrogens is 333 g/mol. The predicted molar refractivity (Wildman–Crippen MR) is 99.3 cm³/mol. The molecule has 0 radical (unpaired) electrons. The van der Waals surface area contributed by atoms with Crippen molar-refractivity contribution in [2.75, 3.05) is 6.61 Å². The Hall–Kier alpha value is -2.40. The van der Waals surface area contributed by atoms with Crippen LogP contribution in [0.2, 0.25) is 0 Å². The first kappa shape index (κ1) is 19.9. The lowest BCUT2D eigenvalue weighted by Gasteiger charge is -2.18. The van der Waals surface area contributed by atoms with Crippen molar-refractivity contribution in [2.45, 2.75) is 39.3 Å². The van der Waals surface area contributed by atoms with E-state index < -0.39 is 12.1 Å². The zero-order valence-electron chi connectivity index (χ0n) is 15.2. The van der Waals surface area contributed by atoms with E-state index in [0.29, 0.717) is 23.5 Å². The highest BCUT2D eigenvalue weighted by atomic mass is 19.1. The maximum absolute atomic E-state index is 14.6. The zero-order chi connectivity index (χ0) is 18.9. The van der Waals surface area contributed by atoms with Crippen LogP contribution in [-0.4, -0.2) is 23.8 Å². The van der Waals surface area contributed by atoms with Gasteiger partial charge in [0.05, 0.1) is 12.6 Å². The number of hydrogen-bond donors (Lipinski definition) is 2. The second kappa shape index (κ2) is 9.92. The molecule has 0 aliphatic heterocycles. The first-order valence-corrected chi connectivity index (χ1v) is 8.84. The number of ether oxygens (including phenoxy) is 1. The molecule has 0 bridgehead atoms. The molecule has 140 valence electrons. The standard InChI is InChI=1S/C21H26FNO3/c1-15(2)11-17-9-6-10-18(20(17)22)12-19(13-24)23-21(25)26-14-16-7-4-3-5-8-16/h3-10,15,19,24H,11-14H2,1-2H3,(H,23,25)/t19-/m1/s1. The Balaban J connectivity index is 1.93. The van der Waals surface area contributed by atoms with E-state index in [9.17, 15) is 14.3 Å². The third-order valence-electron chi connectivity index (χ3n) is 4.01. The lowest BCUT2D eigenvalue weighted by atomic mass is 9.97. The lowest BCUT2D eigenvalue weighted by Crippen LogP contribution is -2.39. The normalized spacial score (nSPS) is 12.0.